The van der Waals surface area contributed by atoms with Gasteiger partial charge < -0.3 is 5.73 Å². The number of halogens is 1. The van der Waals surface area contributed by atoms with E-state index in [-0.39, 0.29) is 6.04 Å². The summed E-state index contributed by atoms with van der Waals surface area (Å²) in [5.74, 6) is 0. The van der Waals surface area contributed by atoms with Gasteiger partial charge in [-0.3, -0.25) is 9.67 Å². The van der Waals surface area contributed by atoms with Crippen molar-refractivity contribution in [1.82, 2.24) is 14.8 Å². The van der Waals surface area contributed by atoms with E-state index in [4.69, 9.17) is 17.3 Å². The van der Waals surface area contributed by atoms with Gasteiger partial charge in [0.2, 0.25) is 0 Å². The van der Waals surface area contributed by atoms with E-state index in [1.54, 1.807) is 12.4 Å². The first kappa shape index (κ1) is 13.1. The Labute approximate surface area is 112 Å². The fraction of sp³-hybridized carbons (Fsp3) is 0.385. The summed E-state index contributed by atoms with van der Waals surface area (Å²) in [6.07, 6.45) is 4.41. The molecule has 2 heterocycles. The largest absolute Gasteiger partial charge is 0.319 e. The summed E-state index contributed by atoms with van der Waals surface area (Å²) in [5, 5.41) is 4.88. The molecule has 0 aliphatic rings. The highest BCUT2D eigenvalue weighted by molar-refractivity contribution is 6.31. The van der Waals surface area contributed by atoms with E-state index in [0.717, 1.165) is 29.9 Å². The zero-order valence-electron chi connectivity index (χ0n) is 10.6. The fourth-order valence-corrected chi connectivity index (χ4v) is 2.25. The van der Waals surface area contributed by atoms with E-state index in [9.17, 15) is 0 Å². The van der Waals surface area contributed by atoms with Crippen LogP contribution in [0.5, 0.6) is 0 Å². The quantitative estimate of drug-likeness (QED) is 0.924. The van der Waals surface area contributed by atoms with Crippen molar-refractivity contribution in [3.05, 3.63) is 46.5 Å². The molecular weight excluding hydrogens is 248 g/mol. The molecule has 0 aromatic carbocycles. The van der Waals surface area contributed by atoms with Gasteiger partial charge in [-0.2, -0.15) is 5.10 Å². The van der Waals surface area contributed by atoms with E-state index in [2.05, 4.69) is 17.0 Å². The second-order valence-corrected chi connectivity index (χ2v) is 4.72. The highest BCUT2D eigenvalue weighted by Crippen LogP contribution is 2.26. The van der Waals surface area contributed by atoms with Crippen molar-refractivity contribution >= 4 is 11.6 Å². The third kappa shape index (κ3) is 2.54. The summed E-state index contributed by atoms with van der Waals surface area (Å²) in [7, 11) is 0. The van der Waals surface area contributed by atoms with E-state index in [1.165, 1.54) is 0 Å². The van der Waals surface area contributed by atoms with Gasteiger partial charge in [-0.15, -0.1) is 0 Å². The second kappa shape index (κ2) is 5.50. The van der Waals surface area contributed by atoms with Crippen molar-refractivity contribution in [2.75, 3.05) is 0 Å². The molecule has 0 fully saturated rings. The minimum Gasteiger partial charge on any atom is -0.319 e. The van der Waals surface area contributed by atoms with E-state index >= 15 is 0 Å². The van der Waals surface area contributed by atoms with Gasteiger partial charge in [0.25, 0.3) is 0 Å². The Morgan fingerprint density at radius 1 is 1.50 bits per heavy atom. The summed E-state index contributed by atoms with van der Waals surface area (Å²) < 4.78 is 1.88. The lowest BCUT2D eigenvalue weighted by Crippen LogP contribution is -2.18. The maximum Gasteiger partial charge on any atom is 0.0837 e. The normalized spacial score (nSPS) is 12.7. The molecule has 2 aromatic heterocycles. The lowest BCUT2D eigenvalue weighted by Gasteiger charge is -2.15. The highest BCUT2D eigenvalue weighted by Gasteiger charge is 2.18. The Bertz CT molecular complexity index is 536. The van der Waals surface area contributed by atoms with Crippen molar-refractivity contribution in [3.63, 3.8) is 0 Å². The van der Waals surface area contributed by atoms with Crippen LogP contribution < -0.4 is 5.73 Å². The van der Waals surface area contributed by atoms with E-state index in [1.807, 2.05) is 23.7 Å². The minimum atomic E-state index is -0.270. The monoisotopic (exact) mass is 264 g/mol. The summed E-state index contributed by atoms with van der Waals surface area (Å²) >= 11 is 6.19. The van der Waals surface area contributed by atoms with Crippen LogP contribution in [0.4, 0.5) is 0 Å². The predicted octanol–water partition coefficient (Wildman–Crippen LogP) is 2.70. The number of nitrogens with zero attached hydrogens (tertiary/aromatic N) is 3. The molecule has 0 bridgehead atoms. The third-order valence-corrected chi connectivity index (χ3v) is 3.13. The van der Waals surface area contributed by atoms with E-state index < -0.39 is 0 Å². The predicted molar refractivity (Wildman–Crippen MR) is 72.5 cm³/mol. The maximum atomic E-state index is 6.29. The molecule has 0 saturated carbocycles. The molecule has 2 N–H and O–H groups in total. The molecule has 0 spiro atoms. The van der Waals surface area contributed by atoms with Crippen LogP contribution in [0, 0.1) is 6.92 Å². The van der Waals surface area contributed by atoms with Crippen molar-refractivity contribution in [3.8, 4) is 0 Å². The molecule has 2 aromatic rings. The van der Waals surface area contributed by atoms with Crippen molar-refractivity contribution in [2.45, 2.75) is 32.9 Å². The first-order chi connectivity index (χ1) is 8.63. The van der Waals surface area contributed by atoms with E-state index in [0.29, 0.717) is 5.02 Å². The second-order valence-electron chi connectivity index (χ2n) is 4.31. The van der Waals surface area contributed by atoms with Crippen molar-refractivity contribution in [2.24, 2.45) is 5.73 Å². The third-order valence-electron chi connectivity index (χ3n) is 2.84. The van der Waals surface area contributed by atoms with Gasteiger partial charge in [0.15, 0.2) is 0 Å². The zero-order chi connectivity index (χ0) is 13.1. The molecule has 5 heteroatoms. The molecule has 0 aliphatic heterocycles. The zero-order valence-corrected chi connectivity index (χ0v) is 11.4. The topological polar surface area (TPSA) is 56.7 Å². The molecular formula is C13H17ClN4. The van der Waals surface area contributed by atoms with Crippen LogP contribution in [0.1, 0.15) is 36.3 Å². The molecule has 0 saturated heterocycles. The Morgan fingerprint density at radius 3 is 2.94 bits per heavy atom. The van der Waals surface area contributed by atoms with Gasteiger partial charge in [-0.05, 0) is 31.0 Å². The average molecular weight is 265 g/mol. The first-order valence-electron chi connectivity index (χ1n) is 6.02. The van der Waals surface area contributed by atoms with Crippen LogP contribution in [0.3, 0.4) is 0 Å². The molecule has 96 valence electrons. The smallest absolute Gasteiger partial charge is 0.0837 e. The lowest BCUT2D eigenvalue weighted by molar-refractivity contribution is 0.559. The number of rotatable bonds is 4. The molecule has 1 atom stereocenters. The molecule has 0 aliphatic carbocycles. The standard InChI is InChI=1S/C13H17ClN4/c1-3-6-18-13(11(14)8-17-18)12(15)10-4-5-16-9(2)7-10/h4-5,7-8,12H,3,6,15H2,1-2H3. The number of nitrogens with two attached hydrogens (primary N) is 1. The summed E-state index contributed by atoms with van der Waals surface area (Å²) in [4.78, 5) is 4.17. The summed E-state index contributed by atoms with van der Waals surface area (Å²) in [6.45, 7) is 4.86. The van der Waals surface area contributed by atoms with Crippen LogP contribution >= 0.6 is 11.6 Å². The average Bonchev–Trinajstić information content (AvgIpc) is 2.70. The Balaban J connectivity index is 2.39. The van der Waals surface area contributed by atoms with Crippen molar-refractivity contribution < 1.29 is 0 Å². The molecule has 4 nitrogen and oxygen atoms in total. The van der Waals surface area contributed by atoms with Crippen LogP contribution in [0.15, 0.2) is 24.5 Å². The van der Waals surface area contributed by atoms with Crippen LogP contribution in [0.2, 0.25) is 5.02 Å². The van der Waals surface area contributed by atoms with Gasteiger partial charge in [0, 0.05) is 18.4 Å². The van der Waals surface area contributed by atoms with Gasteiger partial charge in [-0.1, -0.05) is 18.5 Å². The van der Waals surface area contributed by atoms with Crippen molar-refractivity contribution in [1.29, 1.82) is 0 Å². The lowest BCUT2D eigenvalue weighted by atomic mass is 10.1. The molecule has 18 heavy (non-hydrogen) atoms. The van der Waals surface area contributed by atoms with Gasteiger partial charge in [-0.25, -0.2) is 0 Å². The first-order valence-corrected chi connectivity index (χ1v) is 6.40. The summed E-state index contributed by atoms with van der Waals surface area (Å²) in [5.41, 5.74) is 9.10. The Morgan fingerprint density at radius 2 is 2.28 bits per heavy atom. The maximum absolute atomic E-state index is 6.29. The highest BCUT2D eigenvalue weighted by atomic mass is 35.5. The molecule has 0 amide bonds. The number of aromatic nitrogens is 3. The SMILES string of the molecule is CCCn1ncc(Cl)c1C(N)c1ccnc(C)c1. The summed E-state index contributed by atoms with van der Waals surface area (Å²) in [6, 6.07) is 3.62. The Kier molecular flexibility index (Phi) is 3.99. The Hall–Kier alpha value is -1.39. The van der Waals surface area contributed by atoms with Gasteiger partial charge in [0.05, 0.1) is 23.0 Å². The number of pyridine rings is 1. The number of aryl methyl sites for hydroxylation is 2. The molecule has 0 radical (unpaired) electrons. The van der Waals surface area contributed by atoms with Crippen LogP contribution in [0.25, 0.3) is 0 Å². The van der Waals surface area contributed by atoms with Crippen LogP contribution in [-0.2, 0) is 6.54 Å². The molecule has 2 rings (SSSR count). The fourth-order valence-electron chi connectivity index (χ4n) is 1.99. The molecule has 1 unspecified atom stereocenters. The number of hydrogen-bond donors (Lipinski definition) is 1. The number of hydrogen-bond acceptors (Lipinski definition) is 3. The van der Waals surface area contributed by atoms with Gasteiger partial charge in [0.1, 0.15) is 0 Å². The van der Waals surface area contributed by atoms with Gasteiger partial charge >= 0.3 is 0 Å². The van der Waals surface area contributed by atoms with Crippen LogP contribution in [-0.4, -0.2) is 14.8 Å². The minimum absolute atomic E-state index is 0.270.